The molecule has 4 rings (SSSR count). The summed E-state index contributed by atoms with van der Waals surface area (Å²) in [5, 5.41) is 1.57. The highest BCUT2D eigenvalue weighted by atomic mass is 35.5. The maximum absolute atomic E-state index is 13.0. The monoisotopic (exact) mass is 318 g/mol. The van der Waals surface area contributed by atoms with Crippen molar-refractivity contribution in [2.45, 2.75) is 19.8 Å². The highest BCUT2D eigenvalue weighted by Gasteiger charge is 2.43. The number of amides is 1. The third-order valence-corrected chi connectivity index (χ3v) is 5.31. The summed E-state index contributed by atoms with van der Waals surface area (Å²) in [4.78, 5) is 18.3. The van der Waals surface area contributed by atoms with E-state index in [1.54, 1.807) is 0 Å². The minimum Gasteiger partial charge on any atom is -0.381 e. The Morgan fingerprint density at radius 1 is 1.41 bits per heavy atom. The van der Waals surface area contributed by atoms with Crippen molar-refractivity contribution in [1.82, 2.24) is 9.88 Å². The van der Waals surface area contributed by atoms with Gasteiger partial charge >= 0.3 is 0 Å². The van der Waals surface area contributed by atoms with Gasteiger partial charge in [-0.3, -0.25) is 4.79 Å². The summed E-state index contributed by atoms with van der Waals surface area (Å²) in [5.41, 5.74) is 2.82. The van der Waals surface area contributed by atoms with Crippen LogP contribution in [0.2, 0.25) is 5.02 Å². The molecule has 1 atom stereocenters. The van der Waals surface area contributed by atoms with Gasteiger partial charge in [-0.25, -0.2) is 0 Å². The summed E-state index contributed by atoms with van der Waals surface area (Å²) in [6.45, 7) is 5.18. The number of aromatic nitrogens is 1. The zero-order valence-electron chi connectivity index (χ0n) is 12.6. The second-order valence-electron chi connectivity index (χ2n) is 6.59. The molecule has 3 heterocycles. The molecular formula is C17H19ClN2O2. The van der Waals surface area contributed by atoms with Crippen LogP contribution < -0.4 is 0 Å². The minimum absolute atomic E-state index is 0.106. The predicted molar refractivity (Wildman–Crippen MR) is 86.4 cm³/mol. The van der Waals surface area contributed by atoms with Crippen LogP contribution in [0.1, 0.15) is 28.9 Å². The summed E-state index contributed by atoms with van der Waals surface area (Å²) < 4.78 is 5.55. The van der Waals surface area contributed by atoms with Gasteiger partial charge in [0.25, 0.3) is 5.91 Å². The van der Waals surface area contributed by atoms with Gasteiger partial charge in [0.1, 0.15) is 0 Å². The van der Waals surface area contributed by atoms with E-state index in [4.69, 9.17) is 16.3 Å². The van der Waals surface area contributed by atoms with Gasteiger partial charge in [-0.2, -0.15) is 0 Å². The number of aromatic amines is 1. The number of rotatable bonds is 1. The number of hydrogen-bond acceptors (Lipinski definition) is 2. The minimum atomic E-state index is 0.106. The lowest BCUT2D eigenvalue weighted by molar-refractivity contribution is 0.0767. The van der Waals surface area contributed by atoms with Gasteiger partial charge in [0, 0.05) is 46.7 Å². The van der Waals surface area contributed by atoms with E-state index < -0.39 is 0 Å². The van der Waals surface area contributed by atoms with Gasteiger partial charge < -0.3 is 14.6 Å². The molecule has 2 saturated heterocycles. The largest absolute Gasteiger partial charge is 0.381 e. The number of nitrogens with one attached hydrogen (secondary N) is 1. The third kappa shape index (κ3) is 2.13. The summed E-state index contributed by atoms with van der Waals surface area (Å²) >= 11 is 6.11. The zero-order chi connectivity index (χ0) is 15.3. The Labute approximate surface area is 134 Å². The first-order chi connectivity index (χ1) is 10.6. The van der Waals surface area contributed by atoms with Gasteiger partial charge in [0.15, 0.2) is 0 Å². The van der Waals surface area contributed by atoms with E-state index in [1.165, 1.54) is 0 Å². The van der Waals surface area contributed by atoms with Crippen molar-refractivity contribution >= 4 is 28.4 Å². The molecule has 1 aromatic carbocycles. The molecule has 1 unspecified atom stereocenters. The first kappa shape index (κ1) is 14.1. The Kier molecular flexibility index (Phi) is 3.20. The Hall–Kier alpha value is -1.52. The molecule has 0 aliphatic carbocycles. The number of hydrogen-bond donors (Lipinski definition) is 1. The molecule has 116 valence electrons. The highest BCUT2D eigenvalue weighted by molar-refractivity contribution is 6.31. The fraction of sp³-hybridized carbons (Fsp3) is 0.471. The summed E-state index contributed by atoms with van der Waals surface area (Å²) in [5.74, 6) is 0.106. The Morgan fingerprint density at radius 2 is 2.27 bits per heavy atom. The molecule has 22 heavy (non-hydrogen) atoms. The van der Waals surface area contributed by atoms with Gasteiger partial charge in [-0.05, 0) is 38.0 Å². The van der Waals surface area contributed by atoms with Crippen LogP contribution in [0.4, 0.5) is 0 Å². The molecule has 0 bridgehead atoms. The van der Waals surface area contributed by atoms with Crippen molar-refractivity contribution in [1.29, 1.82) is 0 Å². The Morgan fingerprint density at radius 3 is 3.05 bits per heavy atom. The molecule has 0 saturated carbocycles. The topological polar surface area (TPSA) is 45.3 Å². The van der Waals surface area contributed by atoms with E-state index in [2.05, 4.69) is 4.98 Å². The fourth-order valence-corrected chi connectivity index (χ4v) is 3.98. The smallest absolute Gasteiger partial charge is 0.256 e. The molecule has 2 aliphatic rings. The van der Waals surface area contributed by atoms with Gasteiger partial charge in [-0.15, -0.1) is 0 Å². The first-order valence-corrected chi connectivity index (χ1v) is 8.11. The average Bonchev–Trinajstić information content (AvgIpc) is 3.19. The van der Waals surface area contributed by atoms with Crippen LogP contribution in [0.25, 0.3) is 10.9 Å². The lowest BCUT2D eigenvalue weighted by Crippen LogP contribution is -2.32. The normalized spacial score (nSPS) is 24.7. The number of benzene rings is 1. The van der Waals surface area contributed by atoms with Crippen LogP contribution in [0, 0.1) is 12.3 Å². The molecule has 1 amide bonds. The first-order valence-electron chi connectivity index (χ1n) is 7.73. The second-order valence-corrected chi connectivity index (χ2v) is 7.03. The number of H-pyrrole nitrogens is 1. The van der Waals surface area contributed by atoms with Crippen LogP contribution in [0.5, 0.6) is 0 Å². The average molecular weight is 319 g/mol. The van der Waals surface area contributed by atoms with Gasteiger partial charge in [0.2, 0.25) is 0 Å². The van der Waals surface area contributed by atoms with E-state index in [9.17, 15) is 4.79 Å². The maximum atomic E-state index is 13.0. The Bertz CT molecular complexity index is 746. The lowest BCUT2D eigenvalue weighted by atomic mass is 9.87. The van der Waals surface area contributed by atoms with Crippen molar-refractivity contribution in [2.75, 3.05) is 26.3 Å². The van der Waals surface area contributed by atoms with Crippen molar-refractivity contribution in [2.24, 2.45) is 5.41 Å². The van der Waals surface area contributed by atoms with Crippen LogP contribution in [-0.2, 0) is 4.74 Å². The van der Waals surface area contributed by atoms with Crippen LogP contribution >= 0.6 is 11.6 Å². The number of halogens is 1. The van der Waals surface area contributed by atoms with Crippen LogP contribution in [-0.4, -0.2) is 42.1 Å². The molecular weight excluding hydrogens is 300 g/mol. The quantitative estimate of drug-likeness (QED) is 0.876. The molecule has 1 N–H and O–H groups in total. The van der Waals surface area contributed by atoms with Crippen LogP contribution in [0.15, 0.2) is 18.2 Å². The fourth-order valence-electron chi connectivity index (χ4n) is 3.81. The standard InChI is InChI=1S/C17H19ClN2O2/c1-11-15(13-8-12(18)2-3-14(13)19-11)16(21)20-6-4-17(9-20)5-7-22-10-17/h2-3,8,19H,4-7,9-10H2,1H3. The molecule has 4 nitrogen and oxygen atoms in total. The molecule has 0 radical (unpaired) electrons. The van der Waals surface area contributed by atoms with Gasteiger partial charge in [-0.1, -0.05) is 11.6 Å². The van der Waals surface area contributed by atoms with Crippen molar-refractivity contribution in [3.05, 3.63) is 34.5 Å². The molecule has 2 aromatic rings. The Balaban J connectivity index is 1.68. The number of ether oxygens (including phenoxy) is 1. The van der Waals surface area contributed by atoms with Crippen LogP contribution in [0.3, 0.4) is 0 Å². The number of aryl methyl sites for hydroxylation is 1. The van der Waals surface area contributed by atoms with Crippen molar-refractivity contribution in [3.63, 3.8) is 0 Å². The number of carbonyl (C=O) groups excluding carboxylic acids is 1. The predicted octanol–water partition coefficient (Wildman–Crippen LogP) is 3.38. The molecule has 5 heteroatoms. The number of carbonyl (C=O) groups is 1. The number of likely N-dealkylation sites (tertiary alicyclic amines) is 1. The van der Waals surface area contributed by atoms with E-state index in [-0.39, 0.29) is 11.3 Å². The van der Waals surface area contributed by atoms with E-state index in [0.717, 1.165) is 61.3 Å². The maximum Gasteiger partial charge on any atom is 0.256 e. The van der Waals surface area contributed by atoms with Crippen molar-refractivity contribution in [3.8, 4) is 0 Å². The number of nitrogens with zero attached hydrogens (tertiary/aromatic N) is 1. The van der Waals surface area contributed by atoms with E-state index in [0.29, 0.717) is 5.02 Å². The summed E-state index contributed by atoms with van der Waals surface area (Å²) in [7, 11) is 0. The summed E-state index contributed by atoms with van der Waals surface area (Å²) in [6, 6.07) is 5.64. The summed E-state index contributed by atoms with van der Waals surface area (Å²) in [6.07, 6.45) is 2.11. The zero-order valence-corrected chi connectivity index (χ0v) is 13.4. The molecule has 1 aromatic heterocycles. The lowest BCUT2D eigenvalue weighted by Gasteiger charge is -2.22. The third-order valence-electron chi connectivity index (χ3n) is 5.07. The molecule has 1 spiro atoms. The van der Waals surface area contributed by atoms with E-state index in [1.807, 2.05) is 30.0 Å². The number of fused-ring (bicyclic) bond motifs is 1. The molecule has 2 fully saturated rings. The van der Waals surface area contributed by atoms with Crippen molar-refractivity contribution < 1.29 is 9.53 Å². The highest BCUT2D eigenvalue weighted by Crippen LogP contribution is 2.39. The SMILES string of the molecule is Cc1[nH]c2ccc(Cl)cc2c1C(=O)N1CCC2(CCOC2)C1. The second kappa shape index (κ2) is 5.00. The van der Waals surface area contributed by atoms with E-state index >= 15 is 0 Å². The molecule has 2 aliphatic heterocycles. The van der Waals surface area contributed by atoms with Gasteiger partial charge in [0.05, 0.1) is 12.2 Å².